The number of nitrogens with zero attached hydrogens (tertiary/aromatic N) is 2. The lowest BCUT2D eigenvalue weighted by Crippen LogP contribution is -2.24. The van der Waals surface area contributed by atoms with E-state index in [1.54, 1.807) is 18.1 Å². The number of nitrogens with one attached hydrogen (secondary N) is 1. The molecule has 1 saturated heterocycles. The van der Waals surface area contributed by atoms with Gasteiger partial charge in [-0.05, 0) is 51.3 Å². The highest BCUT2D eigenvalue weighted by Gasteiger charge is 2.28. The number of carbonyl (C=O) groups is 2. The smallest absolute Gasteiger partial charge is 0.257 e. The molecule has 0 atom stereocenters. The van der Waals surface area contributed by atoms with E-state index in [9.17, 15) is 9.59 Å². The maximum atomic E-state index is 12.8. The quantitative estimate of drug-likeness (QED) is 0.874. The van der Waals surface area contributed by atoms with Crippen molar-refractivity contribution in [2.45, 2.75) is 45.6 Å². The van der Waals surface area contributed by atoms with Crippen LogP contribution in [0, 0.1) is 13.8 Å². The minimum Gasteiger partial charge on any atom is -0.494 e. The van der Waals surface area contributed by atoms with E-state index in [0.29, 0.717) is 36.0 Å². The number of aromatic nitrogens is 1. The van der Waals surface area contributed by atoms with Gasteiger partial charge in [0.15, 0.2) is 0 Å². The number of hydrogen-bond donors (Lipinski definition) is 1. The number of anilines is 2. The first-order valence-corrected chi connectivity index (χ1v) is 9.47. The van der Waals surface area contributed by atoms with E-state index in [-0.39, 0.29) is 11.8 Å². The molecule has 1 saturated carbocycles. The third-order valence-electron chi connectivity index (χ3n) is 5.44. The molecule has 4 rings (SSSR count). The molecule has 2 aromatic rings. The van der Waals surface area contributed by atoms with E-state index < -0.39 is 0 Å². The van der Waals surface area contributed by atoms with Gasteiger partial charge < -0.3 is 19.5 Å². The molecule has 0 radical (unpaired) electrons. The van der Waals surface area contributed by atoms with Crippen molar-refractivity contribution >= 4 is 23.2 Å². The molecular weight excluding hydrogens is 342 g/mol. The van der Waals surface area contributed by atoms with Crippen LogP contribution < -0.4 is 15.0 Å². The molecule has 6 heteroatoms. The van der Waals surface area contributed by atoms with E-state index >= 15 is 0 Å². The summed E-state index contributed by atoms with van der Waals surface area (Å²) in [4.78, 5) is 26.6. The molecule has 2 fully saturated rings. The summed E-state index contributed by atoms with van der Waals surface area (Å²) in [5.74, 6) is 0.575. The second kappa shape index (κ2) is 6.76. The van der Waals surface area contributed by atoms with Gasteiger partial charge in [-0.15, -0.1) is 0 Å². The van der Waals surface area contributed by atoms with Gasteiger partial charge in [0.1, 0.15) is 5.75 Å². The van der Waals surface area contributed by atoms with Crippen molar-refractivity contribution in [3.8, 4) is 5.75 Å². The van der Waals surface area contributed by atoms with Crippen LogP contribution >= 0.6 is 0 Å². The highest BCUT2D eigenvalue weighted by atomic mass is 16.5. The molecule has 2 aliphatic rings. The Kier molecular flexibility index (Phi) is 4.42. The highest BCUT2D eigenvalue weighted by molar-refractivity contribution is 6.06. The molecule has 1 N–H and O–H groups in total. The maximum absolute atomic E-state index is 12.8. The van der Waals surface area contributed by atoms with Crippen molar-refractivity contribution in [1.82, 2.24) is 4.57 Å². The van der Waals surface area contributed by atoms with Gasteiger partial charge in [-0.3, -0.25) is 9.59 Å². The molecule has 1 aliphatic carbocycles. The molecule has 0 spiro atoms. The number of rotatable bonds is 5. The van der Waals surface area contributed by atoms with Gasteiger partial charge in [0.05, 0.1) is 18.4 Å². The molecule has 1 aromatic carbocycles. The van der Waals surface area contributed by atoms with Gasteiger partial charge in [0.25, 0.3) is 5.91 Å². The van der Waals surface area contributed by atoms with Crippen molar-refractivity contribution in [3.63, 3.8) is 0 Å². The first-order valence-electron chi connectivity index (χ1n) is 9.47. The summed E-state index contributed by atoms with van der Waals surface area (Å²) in [6.07, 6.45) is 3.80. The normalized spacial score (nSPS) is 16.7. The molecule has 0 bridgehead atoms. The Morgan fingerprint density at radius 1 is 1.22 bits per heavy atom. The zero-order chi connectivity index (χ0) is 19.1. The molecule has 142 valence electrons. The van der Waals surface area contributed by atoms with E-state index in [2.05, 4.69) is 9.88 Å². The van der Waals surface area contributed by atoms with Gasteiger partial charge in [0, 0.05) is 42.1 Å². The summed E-state index contributed by atoms with van der Waals surface area (Å²) in [5, 5.41) is 2.97. The lowest BCUT2D eigenvalue weighted by Gasteiger charge is -2.19. The molecule has 1 aromatic heterocycles. The summed E-state index contributed by atoms with van der Waals surface area (Å²) in [6.45, 7) is 4.75. The molecule has 2 heterocycles. The minimum atomic E-state index is -0.123. The molecule has 6 nitrogen and oxygen atoms in total. The standard InChI is InChI=1S/C21H25N3O3/c1-13-11-17(14(2)24(13)16-7-8-16)21(26)22-15-6-9-18(19(12-15)27-3)23-10-4-5-20(23)25/h6,9,11-12,16H,4-5,7-8,10H2,1-3H3,(H,22,26). The van der Waals surface area contributed by atoms with Gasteiger partial charge in [-0.2, -0.15) is 0 Å². The van der Waals surface area contributed by atoms with Crippen LogP contribution in [0.4, 0.5) is 11.4 Å². The Labute approximate surface area is 159 Å². The third-order valence-corrected chi connectivity index (χ3v) is 5.44. The summed E-state index contributed by atoms with van der Waals surface area (Å²) < 4.78 is 7.73. The van der Waals surface area contributed by atoms with Crippen molar-refractivity contribution in [2.24, 2.45) is 0 Å². The number of ether oxygens (including phenoxy) is 1. The Hall–Kier alpha value is -2.76. The van der Waals surface area contributed by atoms with E-state index in [4.69, 9.17) is 4.74 Å². The van der Waals surface area contributed by atoms with Gasteiger partial charge in [-0.1, -0.05) is 0 Å². The number of carbonyl (C=O) groups excluding carboxylic acids is 2. The Morgan fingerprint density at radius 2 is 2.00 bits per heavy atom. The summed E-state index contributed by atoms with van der Waals surface area (Å²) in [5.41, 5.74) is 4.25. The van der Waals surface area contributed by atoms with Crippen molar-refractivity contribution in [2.75, 3.05) is 23.9 Å². The van der Waals surface area contributed by atoms with Crippen molar-refractivity contribution < 1.29 is 14.3 Å². The third kappa shape index (κ3) is 3.20. The van der Waals surface area contributed by atoms with Gasteiger partial charge in [0.2, 0.25) is 5.91 Å². The maximum Gasteiger partial charge on any atom is 0.257 e. The van der Waals surface area contributed by atoms with Crippen LogP contribution in [-0.4, -0.2) is 30.0 Å². The van der Waals surface area contributed by atoms with Crippen molar-refractivity contribution in [1.29, 1.82) is 0 Å². The Balaban J connectivity index is 1.57. The van der Waals surface area contributed by atoms with E-state index in [0.717, 1.165) is 23.5 Å². The van der Waals surface area contributed by atoms with Gasteiger partial charge in [-0.25, -0.2) is 0 Å². The molecule has 0 unspecified atom stereocenters. The second-order valence-electron chi connectivity index (χ2n) is 7.38. The SMILES string of the molecule is COc1cc(NC(=O)c2cc(C)n(C3CC3)c2C)ccc1N1CCCC1=O. The number of methoxy groups -OCH3 is 1. The number of benzene rings is 1. The first-order chi connectivity index (χ1) is 13.0. The molecule has 27 heavy (non-hydrogen) atoms. The predicted molar refractivity (Wildman–Crippen MR) is 105 cm³/mol. The number of aryl methyl sites for hydroxylation is 1. The topological polar surface area (TPSA) is 63.6 Å². The predicted octanol–water partition coefficient (Wildman–Crippen LogP) is 3.83. The van der Waals surface area contributed by atoms with Crippen LogP contribution in [0.1, 0.15) is 53.5 Å². The lowest BCUT2D eigenvalue weighted by molar-refractivity contribution is -0.117. The summed E-state index contributed by atoms with van der Waals surface area (Å²) in [6, 6.07) is 7.94. The zero-order valence-electron chi connectivity index (χ0n) is 16.0. The fraction of sp³-hybridized carbons (Fsp3) is 0.429. The average Bonchev–Trinajstić information content (AvgIpc) is 3.31. The summed E-state index contributed by atoms with van der Waals surface area (Å²) in [7, 11) is 1.58. The van der Waals surface area contributed by atoms with Gasteiger partial charge >= 0.3 is 0 Å². The fourth-order valence-electron chi connectivity index (χ4n) is 3.98. The minimum absolute atomic E-state index is 0.109. The highest BCUT2D eigenvalue weighted by Crippen LogP contribution is 2.38. The van der Waals surface area contributed by atoms with Crippen LogP contribution in [0.25, 0.3) is 0 Å². The second-order valence-corrected chi connectivity index (χ2v) is 7.38. The average molecular weight is 367 g/mol. The largest absolute Gasteiger partial charge is 0.494 e. The summed E-state index contributed by atoms with van der Waals surface area (Å²) >= 11 is 0. The Bertz CT molecular complexity index is 912. The monoisotopic (exact) mass is 367 g/mol. The number of hydrogen-bond acceptors (Lipinski definition) is 3. The van der Waals surface area contributed by atoms with Crippen LogP contribution in [0.3, 0.4) is 0 Å². The van der Waals surface area contributed by atoms with E-state index in [1.165, 1.54) is 12.8 Å². The van der Waals surface area contributed by atoms with E-state index in [1.807, 2.05) is 32.0 Å². The molecular formula is C21H25N3O3. The molecule has 2 amide bonds. The van der Waals surface area contributed by atoms with Crippen LogP contribution in [0.5, 0.6) is 5.75 Å². The van der Waals surface area contributed by atoms with Crippen LogP contribution in [-0.2, 0) is 4.79 Å². The zero-order valence-corrected chi connectivity index (χ0v) is 16.0. The Morgan fingerprint density at radius 3 is 2.63 bits per heavy atom. The first kappa shape index (κ1) is 17.6. The van der Waals surface area contributed by atoms with Crippen molar-refractivity contribution in [3.05, 3.63) is 41.2 Å². The number of amides is 2. The lowest BCUT2D eigenvalue weighted by atomic mass is 10.2. The molecule has 1 aliphatic heterocycles. The van der Waals surface area contributed by atoms with Crippen LogP contribution in [0.2, 0.25) is 0 Å². The fourth-order valence-corrected chi connectivity index (χ4v) is 3.98. The van der Waals surface area contributed by atoms with Crippen LogP contribution in [0.15, 0.2) is 24.3 Å².